The summed E-state index contributed by atoms with van der Waals surface area (Å²) in [5.41, 5.74) is 3.22. The standard InChI is InChI=1S/C14H18N2O3S/c1-10-4-5-11(2)12(6-10)9-20(18,19)14-15-7-13(8-17)16(14)3/h4-7,17H,8-9H2,1-3H3. The fourth-order valence-electron chi connectivity index (χ4n) is 2.09. The molecule has 0 aliphatic heterocycles. The monoisotopic (exact) mass is 294 g/mol. The maximum absolute atomic E-state index is 12.5. The summed E-state index contributed by atoms with van der Waals surface area (Å²) in [5.74, 6) is -0.0871. The summed E-state index contributed by atoms with van der Waals surface area (Å²) in [6.45, 7) is 3.59. The topological polar surface area (TPSA) is 72.2 Å². The summed E-state index contributed by atoms with van der Waals surface area (Å²) >= 11 is 0. The van der Waals surface area contributed by atoms with Crippen molar-refractivity contribution in [2.24, 2.45) is 7.05 Å². The van der Waals surface area contributed by atoms with Crippen molar-refractivity contribution in [3.8, 4) is 0 Å². The molecule has 108 valence electrons. The molecule has 0 spiro atoms. The fraction of sp³-hybridized carbons (Fsp3) is 0.357. The molecule has 0 aliphatic carbocycles. The van der Waals surface area contributed by atoms with E-state index in [1.807, 2.05) is 32.0 Å². The Morgan fingerprint density at radius 1 is 1.30 bits per heavy atom. The maximum atomic E-state index is 12.5. The van der Waals surface area contributed by atoms with E-state index in [9.17, 15) is 8.42 Å². The highest BCUT2D eigenvalue weighted by atomic mass is 32.2. The van der Waals surface area contributed by atoms with E-state index in [0.717, 1.165) is 16.7 Å². The van der Waals surface area contributed by atoms with Gasteiger partial charge in [0.25, 0.3) is 0 Å². The first-order valence-corrected chi connectivity index (χ1v) is 7.90. The van der Waals surface area contributed by atoms with Crippen LogP contribution in [0.25, 0.3) is 0 Å². The van der Waals surface area contributed by atoms with E-state index >= 15 is 0 Å². The van der Waals surface area contributed by atoms with E-state index in [1.54, 1.807) is 7.05 Å². The van der Waals surface area contributed by atoms with Gasteiger partial charge < -0.3 is 9.67 Å². The smallest absolute Gasteiger partial charge is 0.227 e. The third kappa shape index (κ3) is 2.76. The van der Waals surface area contributed by atoms with Gasteiger partial charge in [0.05, 0.1) is 24.3 Å². The van der Waals surface area contributed by atoms with E-state index in [0.29, 0.717) is 5.69 Å². The molecule has 0 aliphatic rings. The molecule has 6 heteroatoms. The van der Waals surface area contributed by atoms with Crippen LogP contribution in [0.5, 0.6) is 0 Å². The molecule has 0 bridgehead atoms. The molecule has 0 atom stereocenters. The van der Waals surface area contributed by atoms with Crippen molar-refractivity contribution < 1.29 is 13.5 Å². The van der Waals surface area contributed by atoms with Crippen LogP contribution >= 0.6 is 0 Å². The molecule has 0 radical (unpaired) electrons. The van der Waals surface area contributed by atoms with Crippen LogP contribution in [0.1, 0.15) is 22.4 Å². The maximum Gasteiger partial charge on any atom is 0.227 e. The van der Waals surface area contributed by atoms with E-state index in [1.165, 1.54) is 10.8 Å². The number of rotatable bonds is 4. The summed E-state index contributed by atoms with van der Waals surface area (Å²) in [6, 6.07) is 5.75. The number of aryl methyl sites for hydroxylation is 2. The molecular formula is C14H18N2O3S. The number of imidazole rings is 1. The number of hydrogen-bond acceptors (Lipinski definition) is 4. The largest absolute Gasteiger partial charge is 0.390 e. The Morgan fingerprint density at radius 2 is 2.00 bits per heavy atom. The zero-order valence-corrected chi connectivity index (χ0v) is 12.6. The second-order valence-corrected chi connectivity index (χ2v) is 6.82. The summed E-state index contributed by atoms with van der Waals surface area (Å²) < 4.78 is 26.3. The van der Waals surface area contributed by atoms with Crippen molar-refractivity contribution in [1.29, 1.82) is 0 Å². The Kier molecular flexibility index (Phi) is 3.96. The number of nitrogens with zero attached hydrogens (tertiary/aromatic N) is 2. The van der Waals surface area contributed by atoms with Gasteiger partial charge in [0, 0.05) is 7.05 Å². The quantitative estimate of drug-likeness (QED) is 0.927. The van der Waals surface area contributed by atoms with Crippen LogP contribution in [0.4, 0.5) is 0 Å². The summed E-state index contributed by atoms with van der Waals surface area (Å²) in [6.07, 6.45) is 1.38. The van der Waals surface area contributed by atoms with Crippen molar-refractivity contribution in [2.75, 3.05) is 0 Å². The normalized spacial score (nSPS) is 11.8. The predicted molar refractivity (Wildman–Crippen MR) is 75.9 cm³/mol. The highest BCUT2D eigenvalue weighted by Gasteiger charge is 2.22. The number of hydrogen-bond donors (Lipinski definition) is 1. The predicted octanol–water partition coefficient (Wildman–Crippen LogP) is 1.50. The first kappa shape index (κ1) is 14.7. The lowest BCUT2D eigenvalue weighted by Gasteiger charge is -2.09. The van der Waals surface area contributed by atoms with Gasteiger partial charge in [0.15, 0.2) is 0 Å². The lowest BCUT2D eigenvalue weighted by Crippen LogP contribution is -2.13. The SMILES string of the molecule is Cc1ccc(C)c(CS(=O)(=O)c2ncc(CO)n2C)c1. The van der Waals surface area contributed by atoms with Gasteiger partial charge in [0.1, 0.15) is 0 Å². The minimum Gasteiger partial charge on any atom is -0.390 e. The molecule has 0 saturated heterocycles. The van der Waals surface area contributed by atoms with Crippen molar-refractivity contribution in [3.05, 3.63) is 46.8 Å². The minimum atomic E-state index is -3.53. The van der Waals surface area contributed by atoms with Crippen molar-refractivity contribution in [2.45, 2.75) is 31.4 Å². The van der Waals surface area contributed by atoms with Crippen LogP contribution in [0.15, 0.2) is 29.6 Å². The Hall–Kier alpha value is -1.66. The molecule has 0 saturated carbocycles. The summed E-state index contributed by atoms with van der Waals surface area (Å²) in [7, 11) is -1.94. The zero-order chi connectivity index (χ0) is 14.9. The number of aliphatic hydroxyl groups excluding tert-OH is 1. The third-order valence-corrected chi connectivity index (χ3v) is 4.96. The molecule has 20 heavy (non-hydrogen) atoms. The van der Waals surface area contributed by atoms with Gasteiger partial charge in [0.2, 0.25) is 15.0 Å². The molecule has 0 fully saturated rings. The van der Waals surface area contributed by atoms with Crippen LogP contribution in [0, 0.1) is 13.8 Å². The van der Waals surface area contributed by atoms with Gasteiger partial charge in [-0.05, 0) is 25.0 Å². The first-order chi connectivity index (χ1) is 9.35. The molecule has 1 heterocycles. The fourth-order valence-corrected chi connectivity index (χ4v) is 3.68. The third-order valence-electron chi connectivity index (χ3n) is 3.33. The molecule has 0 unspecified atom stereocenters. The minimum absolute atomic E-state index is 0.0116. The van der Waals surface area contributed by atoms with E-state index in [4.69, 9.17) is 5.11 Å². The molecule has 0 amide bonds. The van der Waals surface area contributed by atoms with Gasteiger partial charge in [-0.3, -0.25) is 0 Å². The van der Waals surface area contributed by atoms with Crippen molar-refractivity contribution in [1.82, 2.24) is 9.55 Å². The van der Waals surface area contributed by atoms with E-state index in [2.05, 4.69) is 4.98 Å². The lowest BCUT2D eigenvalue weighted by molar-refractivity contribution is 0.271. The van der Waals surface area contributed by atoms with E-state index in [-0.39, 0.29) is 17.5 Å². The first-order valence-electron chi connectivity index (χ1n) is 6.25. The second kappa shape index (κ2) is 5.38. The Balaban J connectivity index is 2.40. The zero-order valence-electron chi connectivity index (χ0n) is 11.8. The van der Waals surface area contributed by atoms with Crippen molar-refractivity contribution in [3.63, 3.8) is 0 Å². The number of aliphatic hydroxyl groups is 1. The Morgan fingerprint density at radius 3 is 2.60 bits per heavy atom. The van der Waals surface area contributed by atoms with Gasteiger partial charge >= 0.3 is 0 Å². The molecule has 1 aromatic carbocycles. The average Bonchev–Trinajstić information content (AvgIpc) is 2.75. The Bertz CT molecular complexity index is 733. The highest BCUT2D eigenvalue weighted by Crippen LogP contribution is 2.19. The van der Waals surface area contributed by atoms with Gasteiger partial charge in [-0.25, -0.2) is 13.4 Å². The van der Waals surface area contributed by atoms with Gasteiger partial charge in [-0.1, -0.05) is 23.8 Å². The molecule has 2 rings (SSSR count). The van der Waals surface area contributed by atoms with Crippen LogP contribution in [0.3, 0.4) is 0 Å². The number of aromatic nitrogens is 2. The summed E-state index contributed by atoms with van der Waals surface area (Å²) in [5, 5.41) is 9.10. The van der Waals surface area contributed by atoms with Gasteiger partial charge in [-0.2, -0.15) is 0 Å². The number of benzene rings is 1. The average molecular weight is 294 g/mol. The molecular weight excluding hydrogens is 276 g/mol. The van der Waals surface area contributed by atoms with Gasteiger partial charge in [-0.15, -0.1) is 0 Å². The van der Waals surface area contributed by atoms with Crippen LogP contribution < -0.4 is 0 Å². The van der Waals surface area contributed by atoms with E-state index < -0.39 is 9.84 Å². The summed E-state index contributed by atoms with van der Waals surface area (Å²) in [4.78, 5) is 3.92. The molecule has 1 aromatic heterocycles. The number of sulfone groups is 1. The molecule has 1 N–H and O–H groups in total. The Labute approximate surface area is 118 Å². The highest BCUT2D eigenvalue weighted by molar-refractivity contribution is 7.90. The van der Waals surface area contributed by atoms with Crippen molar-refractivity contribution >= 4 is 9.84 Å². The van der Waals surface area contributed by atoms with Crippen LogP contribution in [-0.4, -0.2) is 23.1 Å². The van der Waals surface area contributed by atoms with Crippen LogP contribution in [-0.2, 0) is 29.2 Å². The molecule has 5 nitrogen and oxygen atoms in total. The lowest BCUT2D eigenvalue weighted by atomic mass is 10.1. The van der Waals surface area contributed by atoms with Crippen LogP contribution in [0.2, 0.25) is 0 Å². The second-order valence-electron chi connectivity index (χ2n) is 4.94. The molecule has 2 aromatic rings.